The van der Waals surface area contributed by atoms with Crippen LogP contribution in [0.25, 0.3) is 0 Å². The van der Waals surface area contributed by atoms with E-state index in [0.717, 1.165) is 11.1 Å². The van der Waals surface area contributed by atoms with Crippen LogP contribution in [-0.2, 0) is 0 Å². The number of hydrogen-bond acceptors (Lipinski definition) is 2. The molecule has 0 aliphatic carbocycles. The number of nitrogen functional groups attached to an aromatic ring is 1. The zero-order valence-corrected chi connectivity index (χ0v) is 11.6. The number of carbonyl (C=O) groups is 1. The Morgan fingerprint density at radius 2 is 1.79 bits per heavy atom. The maximum absolute atomic E-state index is 12.1. The Bertz CT molecular complexity index is 638. The largest absolute Gasteiger partial charge is 0.399 e. The molecule has 0 heterocycles. The smallest absolute Gasteiger partial charge is 0.255 e. The van der Waals surface area contributed by atoms with Gasteiger partial charge in [0.1, 0.15) is 0 Å². The fourth-order valence-electron chi connectivity index (χ4n) is 1.70. The maximum Gasteiger partial charge on any atom is 0.255 e. The van der Waals surface area contributed by atoms with E-state index in [9.17, 15) is 4.79 Å². The lowest BCUT2D eigenvalue weighted by Gasteiger charge is -2.10. The number of nitrogens with two attached hydrogens (primary N) is 1. The molecule has 0 saturated carbocycles. The van der Waals surface area contributed by atoms with Crippen molar-refractivity contribution in [1.82, 2.24) is 0 Å². The van der Waals surface area contributed by atoms with Gasteiger partial charge in [-0.15, -0.1) is 0 Å². The zero-order valence-electron chi connectivity index (χ0n) is 10.8. The molecule has 4 heteroatoms. The Kier molecular flexibility index (Phi) is 3.76. The molecule has 1 amide bonds. The van der Waals surface area contributed by atoms with E-state index < -0.39 is 0 Å². The van der Waals surface area contributed by atoms with Gasteiger partial charge in [-0.2, -0.15) is 0 Å². The number of anilines is 2. The van der Waals surface area contributed by atoms with Crippen molar-refractivity contribution in [3.8, 4) is 0 Å². The molecule has 0 fully saturated rings. The van der Waals surface area contributed by atoms with E-state index in [1.165, 1.54) is 0 Å². The molecule has 0 aliphatic heterocycles. The SMILES string of the molecule is Cc1ccc(C(=O)Nc2cc(N)ccc2C)cc1Cl. The highest BCUT2D eigenvalue weighted by atomic mass is 35.5. The van der Waals surface area contributed by atoms with E-state index in [-0.39, 0.29) is 5.91 Å². The number of amides is 1. The highest BCUT2D eigenvalue weighted by Crippen LogP contribution is 2.21. The van der Waals surface area contributed by atoms with Crippen LogP contribution in [0.4, 0.5) is 11.4 Å². The van der Waals surface area contributed by atoms with Gasteiger partial charge in [0.2, 0.25) is 0 Å². The number of nitrogens with one attached hydrogen (secondary N) is 1. The average Bonchev–Trinajstić information content (AvgIpc) is 2.37. The molecule has 2 aromatic rings. The van der Waals surface area contributed by atoms with Gasteiger partial charge in [-0.3, -0.25) is 4.79 Å². The highest BCUT2D eigenvalue weighted by Gasteiger charge is 2.09. The molecule has 0 aliphatic rings. The molecule has 3 N–H and O–H groups in total. The second-order valence-electron chi connectivity index (χ2n) is 4.49. The van der Waals surface area contributed by atoms with Crippen molar-refractivity contribution in [2.75, 3.05) is 11.1 Å². The first-order valence-electron chi connectivity index (χ1n) is 5.91. The number of carbonyl (C=O) groups excluding carboxylic acids is 1. The van der Waals surface area contributed by atoms with Crippen molar-refractivity contribution in [2.24, 2.45) is 0 Å². The Labute approximate surface area is 117 Å². The van der Waals surface area contributed by atoms with E-state index >= 15 is 0 Å². The Morgan fingerprint density at radius 3 is 2.47 bits per heavy atom. The summed E-state index contributed by atoms with van der Waals surface area (Å²) in [6.45, 7) is 3.81. The third-order valence-corrected chi connectivity index (χ3v) is 3.35. The topological polar surface area (TPSA) is 55.1 Å². The lowest BCUT2D eigenvalue weighted by molar-refractivity contribution is 0.102. The third-order valence-electron chi connectivity index (χ3n) is 2.94. The average molecular weight is 275 g/mol. The second kappa shape index (κ2) is 5.33. The summed E-state index contributed by atoms with van der Waals surface area (Å²) in [6, 6.07) is 10.6. The van der Waals surface area contributed by atoms with E-state index in [0.29, 0.717) is 22.0 Å². The molecule has 0 aromatic heterocycles. The molecule has 0 spiro atoms. The normalized spacial score (nSPS) is 10.3. The summed E-state index contributed by atoms with van der Waals surface area (Å²) in [5.41, 5.74) is 9.46. The Hall–Kier alpha value is -2.00. The first-order chi connectivity index (χ1) is 8.97. The summed E-state index contributed by atoms with van der Waals surface area (Å²) in [5.74, 6) is -0.199. The molecule has 2 aromatic carbocycles. The van der Waals surface area contributed by atoms with Crippen LogP contribution in [0.2, 0.25) is 5.02 Å². The van der Waals surface area contributed by atoms with Crippen molar-refractivity contribution in [3.05, 3.63) is 58.1 Å². The third kappa shape index (κ3) is 3.06. The fraction of sp³-hybridized carbons (Fsp3) is 0.133. The van der Waals surface area contributed by atoms with E-state index in [2.05, 4.69) is 5.32 Å². The molecule has 2 rings (SSSR count). The minimum Gasteiger partial charge on any atom is -0.399 e. The van der Waals surface area contributed by atoms with Gasteiger partial charge in [-0.1, -0.05) is 23.7 Å². The summed E-state index contributed by atoms with van der Waals surface area (Å²) >= 11 is 6.02. The molecular weight excluding hydrogens is 260 g/mol. The number of aryl methyl sites for hydroxylation is 2. The molecule has 98 valence electrons. The fourth-order valence-corrected chi connectivity index (χ4v) is 1.88. The summed E-state index contributed by atoms with van der Waals surface area (Å²) in [5, 5.41) is 3.42. The highest BCUT2D eigenvalue weighted by molar-refractivity contribution is 6.31. The molecule has 0 unspecified atom stereocenters. The van der Waals surface area contributed by atoms with Gasteiger partial charge in [0, 0.05) is 22.0 Å². The van der Waals surface area contributed by atoms with Crippen LogP contribution in [0.15, 0.2) is 36.4 Å². The van der Waals surface area contributed by atoms with Crippen LogP contribution in [0, 0.1) is 13.8 Å². The van der Waals surface area contributed by atoms with Crippen LogP contribution in [0.3, 0.4) is 0 Å². The predicted molar refractivity (Wildman–Crippen MR) is 79.7 cm³/mol. The zero-order chi connectivity index (χ0) is 14.0. The lowest BCUT2D eigenvalue weighted by atomic mass is 10.1. The number of halogens is 1. The second-order valence-corrected chi connectivity index (χ2v) is 4.90. The Balaban J connectivity index is 2.25. The lowest BCUT2D eigenvalue weighted by Crippen LogP contribution is -2.13. The summed E-state index contributed by atoms with van der Waals surface area (Å²) in [4.78, 5) is 12.1. The van der Waals surface area contributed by atoms with Crippen LogP contribution in [0.1, 0.15) is 21.5 Å². The van der Waals surface area contributed by atoms with Gasteiger partial charge in [-0.25, -0.2) is 0 Å². The summed E-state index contributed by atoms with van der Waals surface area (Å²) < 4.78 is 0. The van der Waals surface area contributed by atoms with Gasteiger partial charge >= 0.3 is 0 Å². The number of hydrogen-bond donors (Lipinski definition) is 2. The molecule has 0 atom stereocenters. The molecular formula is C15H15ClN2O. The molecule has 0 saturated heterocycles. The standard InChI is InChI=1S/C15H15ClN2O/c1-9-3-5-11(7-13(9)16)15(19)18-14-8-12(17)6-4-10(14)2/h3-8H,17H2,1-2H3,(H,18,19). The quantitative estimate of drug-likeness (QED) is 0.819. The molecule has 0 bridgehead atoms. The Morgan fingerprint density at radius 1 is 1.11 bits per heavy atom. The van der Waals surface area contributed by atoms with Gasteiger partial charge in [-0.05, 0) is 49.2 Å². The van der Waals surface area contributed by atoms with Crippen LogP contribution >= 0.6 is 11.6 Å². The summed E-state index contributed by atoms with van der Waals surface area (Å²) in [6.07, 6.45) is 0. The van der Waals surface area contributed by atoms with Gasteiger partial charge < -0.3 is 11.1 Å². The van der Waals surface area contributed by atoms with Crippen molar-refractivity contribution in [1.29, 1.82) is 0 Å². The first-order valence-corrected chi connectivity index (χ1v) is 6.29. The van der Waals surface area contributed by atoms with Crippen molar-refractivity contribution in [3.63, 3.8) is 0 Å². The van der Waals surface area contributed by atoms with Crippen LogP contribution < -0.4 is 11.1 Å². The van der Waals surface area contributed by atoms with E-state index in [1.807, 2.05) is 26.0 Å². The van der Waals surface area contributed by atoms with Crippen LogP contribution in [0.5, 0.6) is 0 Å². The van der Waals surface area contributed by atoms with E-state index in [4.69, 9.17) is 17.3 Å². The van der Waals surface area contributed by atoms with Gasteiger partial charge in [0.15, 0.2) is 0 Å². The van der Waals surface area contributed by atoms with Crippen molar-refractivity contribution in [2.45, 2.75) is 13.8 Å². The molecule has 19 heavy (non-hydrogen) atoms. The molecule has 0 radical (unpaired) electrons. The predicted octanol–water partition coefficient (Wildman–Crippen LogP) is 3.79. The minimum atomic E-state index is -0.199. The first kappa shape index (κ1) is 13.4. The van der Waals surface area contributed by atoms with Crippen molar-refractivity contribution >= 4 is 28.9 Å². The van der Waals surface area contributed by atoms with Crippen molar-refractivity contribution < 1.29 is 4.79 Å². The van der Waals surface area contributed by atoms with Gasteiger partial charge in [0.05, 0.1) is 0 Å². The van der Waals surface area contributed by atoms with Crippen LogP contribution in [-0.4, -0.2) is 5.91 Å². The number of benzene rings is 2. The molecule has 3 nitrogen and oxygen atoms in total. The monoisotopic (exact) mass is 274 g/mol. The van der Waals surface area contributed by atoms with E-state index in [1.54, 1.807) is 24.3 Å². The summed E-state index contributed by atoms with van der Waals surface area (Å²) in [7, 11) is 0. The van der Waals surface area contributed by atoms with Gasteiger partial charge in [0.25, 0.3) is 5.91 Å². The maximum atomic E-state index is 12.1. The minimum absolute atomic E-state index is 0.199. The number of rotatable bonds is 2.